The number of nitrogens with zero attached hydrogens (tertiary/aromatic N) is 1. The molecule has 0 bridgehead atoms. The van der Waals surface area contributed by atoms with Gasteiger partial charge in [0.05, 0.1) is 17.7 Å². The number of benzene rings is 3. The number of carbonyl (C=O) groups is 1. The van der Waals surface area contributed by atoms with E-state index >= 15 is 0 Å². The molecule has 1 fully saturated rings. The summed E-state index contributed by atoms with van der Waals surface area (Å²) in [5.74, 6) is 1.84. The number of thiocarbonyl (C=S) groups is 1. The molecule has 0 N–H and O–H groups in total. The lowest BCUT2D eigenvalue weighted by Crippen LogP contribution is -2.27. The number of hydrogen-bond acceptors (Lipinski definition) is 6. The topological polar surface area (TPSA) is 48.0 Å². The number of methoxy groups -OCH3 is 1. The molecule has 1 saturated heterocycles. The van der Waals surface area contributed by atoms with Gasteiger partial charge in [0.2, 0.25) is 0 Å². The zero-order valence-electron chi connectivity index (χ0n) is 17.7. The normalized spacial score (nSPS) is 14.6. The lowest BCUT2D eigenvalue weighted by atomic mass is 10.2. The average Bonchev–Trinajstić information content (AvgIpc) is 3.09. The van der Waals surface area contributed by atoms with Crippen LogP contribution in [0.3, 0.4) is 0 Å². The minimum absolute atomic E-state index is 0.177. The zero-order valence-corrected chi connectivity index (χ0v) is 20.1. The van der Waals surface area contributed by atoms with Crippen LogP contribution >= 0.6 is 35.6 Å². The second-order valence-electron chi connectivity index (χ2n) is 6.92. The van der Waals surface area contributed by atoms with Crippen molar-refractivity contribution in [1.82, 2.24) is 0 Å². The second kappa shape index (κ2) is 10.7. The highest BCUT2D eigenvalue weighted by Crippen LogP contribution is 2.37. The Kier molecular flexibility index (Phi) is 7.54. The molecule has 0 saturated carbocycles. The highest BCUT2D eigenvalue weighted by Gasteiger charge is 2.33. The van der Waals surface area contributed by atoms with Crippen LogP contribution in [-0.2, 0) is 4.79 Å². The van der Waals surface area contributed by atoms with Crippen LogP contribution in [0.1, 0.15) is 5.56 Å². The van der Waals surface area contributed by atoms with Crippen molar-refractivity contribution in [3.63, 3.8) is 0 Å². The van der Waals surface area contributed by atoms with E-state index in [-0.39, 0.29) is 5.91 Å². The maximum absolute atomic E-state index is 13.0. The van der Waals surface area contributed by atoms with Crippen molar-refractivity contribution in [2.24, 2.45) is 0 Å². The molecule has 3 aromatic rings. The number of para-hydroxylation sites is 2. The number of ether oxygens (including phenoxy) is 3. The van der Waals surface area contributed by atoms with Crippen LogP contribution in [0.4, 0.5) is 5.69 Å². The summed E-state index contributed by atoms with van der Waals surface area (Å²) >= 11 is 12.8. The van der Waals surface area contributed by atoms with Gasteiger partial charge >= 0.3 is 0 Å². The Morgan fingerprint density at radius 1 is 0.970 bits per heavy atom. The summed E-state index contributed by atoms with van der Waals surface area (Å²) in [6.07, 6.45) is 1.81. The summed E-state index contributed by atoms with van der Waals surface area (Å²) in [7, 11) is 1.60. The monoisotopic (exact) mass is 497 g/mol. The van der Waals surface area contributed by atoms with Gasteiger partial charge in [0, 0.05) is 5.02 Å². The largest absolute Gasteiger partial charge is 0.493 e. The number of thioether (sulfide) groups is 1. The predicted molar refractivity (Wildman–Crippen MR) is 138 cm³/mol. The Bertz CT molecular complexity index is 1210. The highest BCUT2D eigenvalue weighted by molar-refractivity contribution is 8.27. The fourth-order valence-corrected chi connectivity index (χ4v) is 4.68. The quantitative estimate of drug-likeness (QED) is 0.209. The first-order valence-corrected chi connectivity index (χ1v) is 11.7. The van der Waals surface area contributed by atoms with Crippen molar-refractivity contribution >= 4 is 57.6 Å². The number of halogens is 1. The van der Waals surface area contributed by atoms with Crippen LogP contribution in [0.2, 0.25) is 5.02 Å². The van der Waals surface area contributed by atoms with Gasteiger partial charge in [0.1, 0.15) is 19.0 Å². The third-order valence-electron chi connectivity index (χ3n) is 4.69. The van der Waals surface area contributed by atoms with Gasteiger partial charge < -0.3 is 14.2 Å². The van der Waals surface area contributed by atoms with Crippen molar-refractivity contribution < 1.29 is 19.0 Å². The van der Waals surface area contributed by atoms with E-state index in [2.05, 4.69) is 0 Å². The summed E-state index contributed by atoms with van der Waals surface area (Å²) in [5.41, 5.74) is 1.49. The van der Waals surface area contributed by atoms with E-state index in [1.807, 2.05) is 54.6 Å². The standard InChI is InChI=1S/C25H20ClNO4S2/c1-29-21-10-2-3-11-22(21)31-13-12-30-20-9-4-6-17(14-20)15-23-24(28)27(25(32)33-23)19-8-5-7-18(26)16-19/h2-11,14-16H,12-13H2,1H3. The minimum atomic E-state index is -0.177. The van der Waals surface area contributed by atoms with Crippen molar-refractivity contribution in [1.29, 1.82) is 0 Å². The van der Waals surface area contributed by atoms with Gasteiger partial charge in [-0.2, -0.15) is 0 Å². The Hall–Kier alpha value is -3.00. The molecule has 8 heteroatoms. The number of anilines is 1. The molecule has 0 aromatic heterocycles. The molecule has 0 aliphatic carbocycles. The molecule has 0 atom stereocenters. The molecular weight excluding hydrogens is 478 g/mol. The first kappa shape index (κ1) is 23.2. The molecule has 168 valence electrons. The van der Waals surface area contributed by atoms with E-state index in [0.29, 0.717) is 50.4 Å². The summed E-state index contributed by atoms with van der Waals surface area (Å²) in [4.78, 5) is 15.0. The molecule has 1 heterocycles. The van der Waals surface area contributed by atoms with E-state index in [4.69, 9.17) is 38.0 Å². The lowest BCUT2D eigenvalue weighted by Gasteiger charge is -2.14. The second-order valence-corrected chi connectivity index (χ2v) is 9.03. The molecule has 0 radical (unpaired) electrons. The highest BCUT2D eigenvalue weighted by atomic mass is 35.5. The van der Waals surface area contributed by atoms with Crippen LogP contribution < -0.4 is 19.1 Å². The first-order chi connectivity index (χ1) is 16.0. The summed E-state index contributed by atoms with van der Waals surface area (Å²) in [5, 5.41) is 0.546. The van der Waals surface area contributed by atoms with E-state index < -0.39 is 0 Å². The molecule has 1 aliphatic rings. The van der Waals surface area contributed by atoms with Gasteiger partial charge in [-0.1, -0.05) is 65.9 Å². The SMILES string of the molecule is COc1ccccc1OCCOc1cccc(C=C2SC(=S)N(c3cccc(Cl)c3)C2=O)c1. The van der Waals surface area contributed by atoms with Crippen LogP contribution in [0, 0.1) is 0 Å². The van der Waals surface area contributed by atoms with Crippen LogP contribution in [0.25, 0.3) is 6.08 Å². The molecule has 0 spiro atoms. The number of carbonyl (C=O) groups excluding carboxylic acids is 1. The van der Waals surface area contributed by atoms with E-state index in [9.17, 15) is 4.79 Å². The Balaban J connectivity index is 1.39. The lowest BCUT2D eigenvalue weighted by molar-refractivity contribution is -0.113. The van der Waals surface area contributed by atoms with Crippen molar-refractivity contribution in [3.8, 4) is 17.2 Å². The molecular formula is C25H20ClNO4S2. The molecule has 5 nitrogen and oxygen atoms in total. The zero-order chi connectivity index (χ0) is 23.2. The van der Waals surface area contributed by atoms with Crippen LogP contribution in [-0.4, -0.2) is 30.6 Å². The summed E-state index contributed by atoms with van der Waals surface area (Å²) < 4.78 is 17.3. The van der Waals surface area contributed by atoms with Gasteiger partial charge in [0.15, 0.2) is 15.8 Å². The molecule has 33 heavy (non-hydrogen) atoms. The third-order valence-corrected chi connectivity index (χ3v) is 6.23. The fourth-order valence-electron chi connectivity index (χ4n) is 3.20. The number of hydrogen-bond donors (Lipinski definition) is 0. The first-order valence-electron chi connectivity index (χ1n) is 10.1. The molecule has 0 unspecified atom stereocenters. The smallest absolute Gasteiger partial charge is 0.270 e. The van der Waals surface area contributed by atoms with E-state index in [1.54, 1.807) is 31.4 Å². The average molecular weight is 498 g/mol. The maximum Gasteiger partial charge on any atom is 0.270 e. The van der Waals surface area contributed by atoms with Gasteiger partial charge in [-0.15, -0.1) is 0 Å². The number of rotatable bonds is 8. The van der Waals surface area contributed by atoms with E-state index in [1.165, 1.54) is 16.7 Å². The minimum Gasteiger partial charge on any atom is -0.493 e. The van der Waals surface area contributed by atoms with Gasteiger partial charge in [0.25, 0.3) is 5.91 Å². The molecule has 4 rings (SSSR count). The molecule has 3 aromatic carbocycles. The van der Waals surface area contributed by atoms with Crippen LogP contribution in [0.5, 0.6) is 17.2 Å². The summed E-state index contributed by atoms with van der Waals surface area (Å²) in [6, 6.07) is 22.0. The fraction of sp³-hybridized carbons (Fsp3) is 0.120. The molecule has 1 amide bonds. The third kappa shape index (κ3) is 5.68. The van der Waals surface area contributed by atoms with E-state index in [0.717, 1.165) is 5.56 Å². The Labute approximate surface area is 206 Å². The molecule has 1 aliphatic heterocycles. The maximum atomic E-state index is 13.0. The van der Waals surface area contributed by atoms with Crippen molar-refractivity contribution in [2.45, 2.75) is 0 Å². The van der Waals surface area contributed by atoms with Crippen LogP contribution in [0.15, 0.2) is 77.7 Å². The van der Waals surface area contributed by atoms with Gasteiger partial charge in [-0.05, 0) is 54.1 Å². The van der Waals surface area contributed by atoms with Gasteiger partial charge in [-0.3, -0.25) is 9.69 Å². The Morgan fingerprint density at radius 2 is 1.73 bits per heavy atom. The predicted octanol–water partition coefficient (Wildman–Crippen LogP) is 6.21. The summed E-state index contributed by atoms with van der Waals surface area (Å²) in [6.45, 7) is 0.723. The number of amides is 1. The van der Waals surface area contributed by atoms with Crippen molar-refractivity contribution in [2.75, 3.05) is 25.2 Å². The van der Waals surface area contributed by atoms with Gasteiger partial charge in [-0.25, -0.2) is 0 Å². The van der Waals surface area contributed by atoms with Crippen molar-refractivity contribution in [3.05, 3.63) is 88.3 Å². The Morgan fingerprint density at radius 3 is 2.52 bits per heavy atom.